The van der Waals surface area contributed by atoms with Crippen molar-refractivity contribution in [1.29, 1.82) is 0 Å². The molecule has 1 heterocycles. The van der Waals surface area contributed by atoms with Crippen LogP contribution in [0.15, 0.2) is 22.6 Å². The van der Waals surface area contributed by atoms with Gasteiger partial charge in [0.1, 0.15) is 11.1 Å². The van der Waals surface area contributed by atoms with Gasteiger partial charge in [0.2, 0.25) is 0 Å². The number of carboxylic acid groups (broad SMARTS) is 1. The lowest BCUT2D eigenvalue weighted by Crippen LogP contribution is -2.01. The monoisotopic (exact) mass is 245 g/mol. The van der Waals surface area contributed by atoms with E-state index in [2.05, 4.69) is 11.9 Å². The lowest BCUT2D eigenvalue weighted by Gasteiger charge is -2.09. The van der Waals surface area contributed by atoms with Gasteiger partial charge in [0.05, 0.1) is 0 Å². The molecule has 1 saturated carbocycles. The van der Waals surface area contributed by atoms with Crippen LogP contribution in [0.5, 0.6) is 0 Å². The molecule has 1 aromatic carbocycles. The fourth-order valence-electron chi connectivity index (χ4n) is 2.81. The van der Waals surface area contributed by atoms with Crippen molar-refractivity contribution in [3.63, 3.8) is 0 Å². The number of oxazole rings is 1. The van der Waals surface area contributed by atoms with E-state index in [9.17, 15) is 4.79 Å². The van der Waals surface area contributed by atoms with Gasteiger partial charge >= 0.3 is 5.97 Å². The molecule has 0 bridgehead atoms. The molecule has 4 heteroatoms. The number of hydrogen-bond donors (Lipinski definition) is 1. The zero-order chi connectivity index (χ0) is 12.7. The lowest BCUT2D eigenvalue weighted by atomic mass is 9.98. The number of para-hydroxylation sites is 1. The van der Waals surface area contributed by atoms with Crippen LogP contribution in [0.25, 0.3) is 11.1 Å². The Bertz CT molecular complexity index is 602. The molecule has 1 N–H and O–H groups in total. The highest BCUT2D eigenvalue weighted by Crippen LogP contribution is 2.39. The summed E-state index contributed by atoms with van der Waals surface area (Å²) in [7, 11) is 0. The van der Waals surface area contributed by atoms with Crippen LogP contribution in [0.1, 0.15) is 48.4 Å². The van der Waals surface area contributed by atoms with Crippen LogP contribution in [0.3, 0.4) is 0 Å². The molecule has 2 unspecified atom stereocenters. The SMILES string of the molecule is CC1CCCC1c1nc2cccc(C(=O)O)c2o1. The molecule has 1 fully saturated rings. The molecule has 0 spiro atoms. The zero-order valence-corrected chi connectivity index (χ0v) is 10.2. The number of carbonyl (C=O) groups is 1. The van der Waals surface area contributed by atoms with Gasteiger partial charge in [0.15, 0.2) is 11.5 Å². The maximum Gasteiger partial charge on any atom is 0.339 e. The second-order valence-corrected chi connectivity index (χ2v) is 5.03. The molecule has 0 saturated heterocycles. The van der Waals surface area contributed by atoms with Gasteiger partial charge in [-0.05, 0) is 30.9 Å². The molecular weight excluding hydrogens is 230 g/mol. The highest BCUT2D eigenvalue weighted by Gasteiger charge is 2.29. The van der Waals surface area contributed by atoms with Crippen molar-refractivity contribution in [3.05, 3.63) is 29.7 Å². The average Bonchev–Trinajstić information content (AvgIpc) is 2.92. The molecule has 4 nitrogen and oxygen atoms in total. The van der Waals surface area contributed by atoms with E-state index in [1.807, 2.05) is 0 Å². The van der Waals surface area contributed by atoms with Gasteiger partial charge in [-0.1, -0.05) is 19.4 Å². The maximum absolute atomic E-state index is 11.1. The fourth-order valence-corrected chi connectivity index (χ4v) is 2.81. The Hall–Kier alpha value is -1.84. The van der Waals surface area contributed by atoms with E-state index < -0.39 is 5.97 Å². The van der Waals surface area contributed by atoms with Crippen LogP contribution >= 0.6 is 0 Å². The Morgan fingerprint density at radius 2 is 2.28 bits per heavy atom. The number of nitrogens with zero attached hydrogens (tertiary/aromatic N) is 1. The van der Waals surface area contributed by atoms with Crippen LogP contribution in [0, 0.1) is 5.92 Å². The minimum absolute atomic E-state index is 0.192. The largest absolute Gasteiger partial charge is 0.478 e. The Morgan fingerprint density at radius 3 is 2.94 bits per heavy atom. The number of benzene rings is 1. The predicted octanol–water partition coefficient (Wildman–Crippen LogP) is 3.43. The number of aromatic nitrogens is 1. The summed E-state index contributed by atoms with van der Waals surface area (Å²) in [5, 5.41) is 9.12. The fraction of sp³-hybridized carbons (Fsp3) is 0.429. The van der Waals surface area contributed by atoms with Crippen LogP contribution in [0.2, 0.25) is 0 Å². The smallest absolute Gasteiger partial charge is 0.339 e. The van der Waals surface area contributed by atoms with Crippen molar-refractivity contribution in [1.82, 2.24) is 4.98 Å². The number of rotatable bonds is 2. The maximum atomic E-state index is 11.1. The summed E-state index contributed by atoms with van der Waals surface area (Å²) in [6.07, 6.45) is 3.46. The first-order chi connectivity index (χ1) is 8.66. The molecule has 94 valence electrons. The Morgan fingerprint density at radius 1 is 1.44 bits per heavy atom. The molecule has 0 aliphatic heterocycles. The molecule has 0 amide bonds. The van der Waals surface area contributed by atoms with Gasteiger partial charge in [-0.3, -0.25) is 0 Å². The van der Waals surface area contributed by atoms with E-state index >= 15 is 0 Å². The Kier molecular flexibility index (Phi) is 2.58. The van der Waals surface area contributed by atoms with Gasteiger partial charge in [0.25, 0.3) is 0 Å². The van der Waals surface area contributed by atoms with Crippen molar-refractivity contribution in [2.24, 2.45) is 5.92 Å². The third-order valence-corrected chi connectivity index (χ3v) is 3.84. The third-order valence-electron chi connectivity index (χ3n) is 3.84. The van der Waals surface area contributed by atoms with E-state index in [4.69, 9.17) is 9.52 Å². The topological polar surface area (TPSA) is 63.3 Å². The van der Waals surface area contributed by atoms with Crippen molar-refractivity contribution in [2.45, 2.75) is 32.1 Å². The summed E-state index contributed by atoms with van der Waals surface area (Å²) in [6.45, 7) is 2.20. The predicted molar refractivity (Wildman–Crippen MR) is 66.7 cm³/mol. The number of hydrogen-bond acceptors (Lipinski definition) is 3. The number of fused-ring (bicyclic) bond motifs is 1. The molecule has 1 aromatic heterocycles. The van der Waals surface area contributed by atoms with E-state index in [0.717, 1.165) is 6.42 Å². The van der Waals surface area contributed by atoms with Crippen LogP contribution in [0.4, 0.5) is 0 Å². The first-order valence-electron chi connectivity index (χ1n) is 6.29. The lowest BCUT2D eigenvalue weighted by molar-refractivity contribution is 0.0698. The normalized spacial score (nSPS) is 23.6. The molecule has 1 aliphatic carbocycles. The van der Waals surface area contributed by atoms with Gasteiger partial charge in [-0.15, -0.1) is 0 Å². The van der Waals surface area contributed by atoms with Gasteiger partial charge in [-0.2, -0.15) is 0 Å². The quantitative estimate of drug-likeness (QED) is 0.880. The molecule has 2 atom stereocenters. The Balaban J connectivity index is 2.11. The average molecular weight is 245 g/mol. The summed E-state index contributed by atoms with van der Waals surface area (Å²) < 4.78 is 5.72. The number of aromatic carboxylic acids is 1. The van der Waals surface area contributed by atoms with Crippen LogP contribution in [-0.2, 0) is 0 Å². The first-order valence-corrected chi connectivity index (χ1v) is 6.29. The van der Waals surface area contributed by atoms with E-state index in [-0.39, 0.29) is 5.56 Å². The van der Waals surface area contributed by atoms with E-state index in [1.165, 1.54) is 12.8 Å². The van der Waals surface area contributed by atoms with E-state index in [1.54, 1.807) is 18.2 Å². The highest BCUT2D eigenvalue weighted by molar-refractivity contribution is 5.99. The first kappa shape index (κ1) is 11.3. The second kappa shape index (κ2) is 4.12. The molecule has 2 aromatic rings. The van der Waals surface area contributed by atoms with Crippen molar-refractivity contribution in [3.8, 4) is 0 Å². The minimum Gasteiger partial charge on any atom is -0.478 e. The molecule has 1 aliphatic rings. The van der Waals surface area contributed by atoms with Crippen molar-refractivity contribution < 1.29 is 14.3 Å². The van der Waals surface area contributed by atoms with Gasteiger partial charge in [-0.25, -0.2) is 9.78 Å². The summed E-state index contributed by atoms with van der Waals surface area (Å²) in [4.78, 5) is 15.6. The Labute approximate surface area is 105 Å². The molecule has 0 radical (unpaired) electrons. The van der Waals surface area contributed by atoms with Crippen LogP contribution in [-0.4, -0.2) is 16.1 Å². The second-order valence-electron chi connectivity index (χ2n) is 5.03. The van der Waals surface area contributed by atoms with Gasteiger partial charge < -0.3 is 9.52 Å². The zero-order valence-electron chi connectivity index (χ0n) is 10.2. The third kappa shape index (κ3) is 1.68. The summed E-state index contributed by atoms with van der Waals surface area (Å²) in [6, 6.07) is 5.06. The van der Waals surface area contributed by atoms with E-state index in [0.29, 0.717) is 28.8 Å². The summed E-state index contributed by atoms with van der Waals surface area (Å²) >= 11 is 0. The van der Waals surface area contributed by atoms with Crippen molar-refractivity contribution >= 4 is 17.1 Å². The molecule has 3 rings (SSSR count). The van der Waals surface area contributed by atoms with Crippen molar-refractivity contribution in [2.75, 3.05) is 0 Å². The molecular formula is C14H15NO3. The number of carboxylic acids is 1. The highest BCUT2D eigenvalue weighted by atomic mass is 16.4. The minimum atomic E-state index is -0.970. The summed E-state index contributed by atoms with van der Waals surface area (Å²) in [5.41, 5.74) is 1.24. The van der Waals surface area contributed by atoms with Crippen LogP contribution < -0.4 is 0 Å². The molecule has 18 heavy (non-hydrogen) atoms. The standard InChI is InChI=1S/C14H15NO3/c1-8-4-2-5-9(8)13-15-11-7-3-6-10(14(16)17)12(11)18-13/h3,6-9H,2,4-5H2,1H3,(H,16,17). The summed E-state index contributed by atoms with van der Waals surface area (Å²) in [5.74, 6) is 0.622. The van der Waals surface area contributed by atoms with Gasteiger partial charge in [0, 0.05) is 5.92 Å².